The van der Waals surface area contributed by atoms with Gasteiger partial charge in [0, 0.05) is 21.3 Å². The van der Waals surface area contributed by atoms with E-state index in [-0.39, 0.29) is 0 Å². The molecule has 18 heavy (non-hydrogen) atoms. The summed E-state index contributed by atoms with van der Waals surface area (Å²) in [4.78, 5) is 0. The zero-order valence-corrected chi connectivity index (χ0v) is 12.1. The molecule has 2 atom stereocenters. The standard InChI is InChI=1S/C16H12BrCl/c17-13-5-1-3-9-12-8-7-11(15(9)13)10-4-2-6-14(18)16(10)12/h1-6,11-12H,7-8H2/t11-,12-/m1/s1. The summed E-state index contributed by atoms with van der Waals surface area (Å²) in [5, 5.41) is 0.938. The van der Waals surface area contributed by atoms with E-state index < -0.39 is 0 Å². The largest absolute Gasteiger partial charge is 0.0840 e. The molecule has 90 valence electrons. The minimum atomic E-state index is 0.492. The number of benzene rings is 2. The lowest BCUT2D eigenvalue weighted by atomic mass is 9.64. The highest BCUT2D eigenvalue weighted by Crippen LogP contribution is 2.55. The van der Waals surface area contributed by atoms with Crippen molar-refractivity contribution in [1.82, 2.24) is 0 Å². The second-order valence-corrected chi connectivity index (χ2v) is 6.43. The van der Waals surface area contributed by atoms with Crippen molar-refractivity contribution < 1.29 is 0 Å². The van der Waals surface area contributed by atoms with E-state index in [4.69, 9.17) is 11.6 Å². The van der Waals surface area contributed by atoms with Crippen molar-refractivity contribution in [3.63, 3.8) is 0 Å². The van der Waals surface area contributed by atoms with Crippen molar-refractivity contribution in [3.8, 4) is 0 Å². The summed E-state index contributed by atoms with van der Waals surface area (Å²) >= 11 is 10.2. The van der Waals surface area contributed by atoms with E-state index in [0.717, 1.165) is 5.02 Å². The average Bonchev–Trinajstić information content (AvgIpc) is 2.40. The molecular weight excluding hydrogens is 308 g/mol. The van der Waals surface area contributed by atoms with Crippen LogP contribution in [0.3, 0.4) is 0 Å². The molecule has 2 heteroatoms. The summed E-state index contributed by atoms with van der Waals surface area (Å²) in [6.45, 7) is 0. The molecule has 0 amide bonds. The Hall–Kier alpha value is -0.790. The Kier molecular flexibility index (Phi) is 2.37. The molecule has 0 saturated heterocycles. The highest BCUT2D eigenvalue weighted by Gasteiger charge is 2.39. The van der Waals surface area contributed by atoms with Gasteiger partial charge in [-0.05, 0) is 47.2 Å². The van der Waals surface area contributed by atoms with Crippen LogP contribution < -0.4 is 0 Å². The molecule has 2 bridgehead atoms. The molecule has 5 rings (SSSR count). The van der Waals surface area contributed by atoms with Gasteiger partial charge in [0.15, 0.2) is 0 Å². The SMILES string of the molecule is Clc1cccc2c1[C@@H]1CC[C@H]2c2c(Br)cccc21. The lowest BCUT2D eigenvalue weighted by Gasteiger charge is -2.41. The molecule has 0 aromatic heterocycles. The van der Waals surface area contributed by atoms with Crippen LogP contribution in [-0.2, 0) is 0 Å². The van der Waals surface area contributed by atoms with Gasteiger partial charge in [0.25, 0.3) is 0 Å². The number of fused-ring (bicyclic) bond motifs is 1. The highest BCUT2D eigenvalue weighted by atomic mass is 79.9. The molecule has 0 radical (unpaired) electrons. The first kappa shape index (κ1) is 11.1. The zero-order valence-electron chi connectivity index (χ0n) is 9.79. The summed E-state index contributed by atoms with van der Waals surface area (Å²) in [5.41, 5.74) is 5.78. The maximum atomic E-state index is 6.43. The number of halogens is 2. The van der Waals surface area contributed by atoms with Crippen LogP contribution in [0.25, 0.3) is 0 Å². The fourth-order valence-electron chi connectivity index (χ4n) is 3.69. The molecule has 0 nitrogen and oxygen atoms in total. The molecule has 0 saturated carbocycles. The molecule has 2 aromatic carbocycles. The fourth-order valence-corrected chi connectivity index (χ4v) is 4.67. The van der Waals surface area contributed by atoms with Crippen LogP contribution in [0.5, 0.6) is 0 Å². The van der Waals surface area contributed by atoms with Gasteiger partial charge in [-0.3, -0.25) is 0 Å². The summed E-state index contributed by atoms with van der Waals surface area (Å²) in [7, 11) is 0. The lowest BCUT2D eigenvalue weighted by molar-refractivity contribution is 0.518. The number of rotatable bonds is 0. The lowest BCUT2D eigenvalue weighted by Crippen LogP contribution is -2.25. The van der Waals surface area contributed by atoms with Gasteiger partial charge in [-0.15, -0.1) is 0 Å². The summed E-state index contributed by atoms with van der Waals surface area (Å²) in [6.07, 6.45) is 2.47. The van der Waals surface area contributed by atoms with E-state index in [1.54, 1.807) is 0 Å². The predicted molar refractivity (Wildman–Crippen MR) is 78.5 cm³/mol. The Morgan fingerprint density at radius 1 is 0.889 bits per heavy atom. The first-order chi connectivity index (χ1) is 8.77. The number of hydrogen-bond acceptors (Lipinski definition) is 0. The molecule has 0 spiro atoms. The molecule has 0 heterocycles. The minimum Gasteiger partial charge on any atom is -0.0840 e. The van der Waals surface area contributed by atoms with E-state index >= 15 is 0 Å². The minimum absolute atomic E-state index is 0.492. The van der Waals surface area contributed by atoms with Gasteiger partial charge >= 0.3 is 0 Å². The molecule has 0 fully saturated rings. The van der Waals surface area contributed by atoms with Crippen molar-refractivity contribution in [2.24, 2.45) is 0 Å². The Labute approximate surface area is 120 Å². The molecule has 0 unspecified atom stereocenters. The maximum Gasteiger partial charge on any atom is 0.0447 e. The van der Waals surface area contributed by atoms with Crippen molar-refractivity contribution in [1.29, 1.82) is 0 Å². The second-order valence-electron chi connectivity index (χ2n) is 5.17. The van der Waals surface area contributed by atoms with E-state index in [0.29, 0.717) is 11.8 Å². The van der Waals surface area contributed by atoms with Crippen molar-refractivity contribution in [2.75, 3.05) is 0 Å². The second kappa shape index (κ2) is 3.85. The third kappa shape index (κ3) is 1.32. The Morgan fingerprint density at radius 3 is 2.28 bits per heavy atom. The summed E-state index contributed by atoms with van der Waals surface area (Å²) < 4.78 is 1.25. The predicted octanol–water partition coefficient (Wildman–Crippen LogP) is 5.47. The monoisotopic (exact) mass is 318 g/mol. The van der Waals surface area contributed by atoms with E-state index in [2.05, 4.69) is 46.3 Å². The van der Waals surface area contributed by atoms with Gasteiger partial charge < -0.3 is 0 Å². The summed E-state index contributed by atoms with van der Waals surface area (Å²) in [6, 6.07) is 12.9. The number of hydrogen-bond donors (Lipinski definition) is 0. The third-order valence-corrected chi connectivity index (χ3v) is 5.39. The molecule has 2 aromatic rings. The smallest absolute Gasteiger partial charge is 0.0447 e. The first-order valence-corrected chi connectivity index (χ1v) is 7.51. The third-order valence-electron chi connectivity index (χ3n) is 4.37. The van der Waals surface area contributed by atoms with Crippen molar-refractivity contribution >= 4 is 27.5 Å². The molecular formula is C16H12BrCl. The van der Waals surface area contributed by atoms with Gasteiger partial charge in [0.2, 0.25) is 0 Å². The van der Waals surface area contributed by atoms with Crippen molar-refractivity contribution in [3.05, 3.63) is 68.1 Å². The van der Waals surface area contributed by atoms with Crippen LogP contribution in [0.1, 0.15) is 46.9 Å². The molecule has 3 aliphatic carbocycles. The van der Waals surface area contributed by atoms with Gasteiger partial charge in [-0.25, -0.2) is 0 Å². The van der Waals surface area contributed by atoms with Gasteiger partial charge in [-0.2, -0.15) is 0 Å². The highest BCUT2D eigenvalue weighted by molar-refractivity contribution is 9.10. The first-order valence-electron chi connectivity index (χ1n) is 6.34. The zero-order chi connectivity index (χ0) is 12.3. The summed E-state index contributed by atoms with van der Waals surface area (Å²) in [5.74, 6) is 1.01. The fraction of sp³-hybridized carbons (Fsp3) is 0.250. The molecule has 3 aliphatic rings. The maximum absolute atomic E-state index is 6.43. The van der Waals surface area contributed by atoms with Crippen LogP contribution in [0.4, 0.5) is 0 Å². The van der Waals surface area contributed by atoms with Gasteiger partial charge in [-0.1, -0.05) is 51.8 Å². The van der Waals surface area contributed by atoms with E-state index in [1.165, 1.54) is 39.6 Å². The topological polar surface area (TPSA) is 0 Å². The van der Waals surface area contributed by atoms with Crippen LogP contribution in [0, 0.1) is 0 Å². The quantitative estimate of drug-likeness (QED) is 0.603. The van der Waals surface area contributed by atoms with E-state index in [9.17, 15) is 0 Å². The van der Waals surface area contributed by atoms with Crippen LogP contribution in [-0.4, -0.2) is 0 Å². The van der Waals surface area contributed by atoms with Crippen LogP contribution in [0.2, 0.25) is 5.02 Å². The Balaban J connectivity index is 2.06. The Bertz CT molecular complexity index is 590. The van der Waals surface area contributed by atoms with Gasteiger partial charge in [0.1, 0.15) is 0 Å². The molecule has 0 N–H and O–H groups in total. The van der Waals surface area contributed by atoms with Gasteiger partial charge in [0.05, 0.1) is 0 Å². The molecule has 0 aliphatic heterocycles. The average molecular weight is 320 g/mol. The normalized spacial score (nSPS) is 23.7. The van der Waals surface area contributed by atoms with Crippen LogP contribution in [0.15, 0.2) is 40.9 Å². The Morgan fingerprint density at radius 2 is 1.50 bits per heavy atom. The van der Waals surface area contributed by atoms with E-state index in [1.807, 2.05) is 6.07 Å². The van der Waals surface area contributed by atoms with Crippen molar-refractivity contribution in [2.45, 2.75) is 24.7 Å². The van der Waals surface area contributed by atoms with Crippen LogP contribution >= 0.6 is 27.5 Å².